The predicted octanol–water partition coefficient (Wildman–Crippen LogP) is 5.18. The van der Waals surface area contributed by atoms with E-state index in [1.165, 1.54) is 5.56 Å². The van der Waals surface area contributed by atoms with E-state index in [2.05, 4.69) is 32.7 Å². The molecule has 0 aliphatic heterocycles. The Bertz CT molecular complexity index is 809. The molecule has 0 saturated carbocycles. The average Bonchev–Trinajstić information content (AvgIpc) is 2.60. The number of rotatable bonds is 6. The van der Waals surface area contributed by atoms with Gasteiger partial charge in [0.1, 0.15) is 5.82 Å². The van der Waals surface area contributed by atoms with Gasteiger partial charge in [-0.15, -0.1) is 0 Å². The van der Waals surface area contributed by atoms with Crippen molar-refractivity contribution in [1.29, 1.82) is 0 Å². The molecule has 1 aromatic heterocycles. The summed E-state index contributed by atoms with van der Waals surface area (Å²) in [4.78, 5) is 8.67. The Hall–Kier alpha value is -2.30. The number of aromatic nitrogens is 2. The van der Waals surface area contributed by atoms with Crippen LogP contribution in [-0.4, -0.2) is 16.5 Å². The molecule has 0 radical (unpaired) electrons. The molecule has 3 rings (SSSR count). The Labute approximate surface area is 150 Å². The van der Waals surface area contributed by atoms with Crippen molar-refractivity contribution in [3.63, 3.8) is 0 Å². The fourth-order valence-electron chi connectivity index (χ4n) is 2.21. The Morgan fingerprint density at radius 1 is 0.958 bits per heavy atom. The van der Waals surface area contributed by atoms with Crippen LogP contribution in [0.1, 0.15) is 5.56 Å². The summed E-state index contributed by atoms with van der Waals surface area (Å²) < 4.78 is 0. The summed E-state index contributed by atoms with van der Waals surface area (Å²) in [6.45, 7) is 0.755. The molecule has 0 saturated heterocycles. The molecule has 2 N–H and O–H groups in total. The largest absolute Gasteiger partial charge is 0.354 e. The third-order valence-corrected chi connectivity index (χ3v) is 3.95. The van der Waals surface area contributed by atoms with Crippen molar-refractivity contribution in [2.75, 3.05) is 17.2 Å². The standard InChI is InChI=1S/C18H16Cl2N4/c19-14-6-7-15(20)16(12-14)23-17-9-11-22-18(24-17)21-10-8-13-4-2-1-3-5-13/h1-7,9,11-12H,8,10H2,(H2,21,22,23,24). The molecule has 2 aromatic carbocycles. The SMILES string of the molecule is Clc1ccc(Cl)c(Nc2ccnc(NCCc3ccccc3)n2)c1. The lowest BCUT2D eigenvalue weighted by atomic mass is 10.1. The molecule has 0 aliphatic rings. The van der Waals surface area contributed by atoms with Crippen molar-refractivity contribution >= 4 is 40.7 Å². The molecule has 0 spiro atoms. The van der Waals surface area contributed by atoms with Gasteiger partial charge in [-0.25, -0.2) is 4.98 Å². The van der Waals surface area contributed by atoms with E-state index in [-0.39, 0.29) is 0 Å². The number of nitrogens with one attached hydrogen (secondary N) is 2. The van der Waals surface area contributed by atoms with E-state index in [1.807, 2.05) is 18.2 Å². The van der Waals surface area contributed by atoms with Crippen LogP contribution in [0.2, 0.25) is 10.0 Å². The van der Waals surface area contributed by atoms with E-state index in [0.29, 0.717) is 27.5 Å². The molecule has 4 nitrogen and oxygen atoms in total. The normalized spacial score (nSPS) is 10.4. The van der Waals surface area contributed by atoms with Crippen LogP contribution in [0.4, 0.5) is 17.5 Å². The minimum Gasteiger partial charge on any atom is -0.354 e. The number of hydrogen-bond donors (Lipinski definition) is 2. The maximum Gasteiger partial charge on any atom is 0.224 e. The van der Waals surface area contributed by atoms with Gasteiger partial charge in [-0.3, -0.25) is 0 Å². The summed E-state index contributed by atoms with van der Waals surface area (Å²) in [5.41, 5.74) is 1.98. The summed E-state index contributed by atoms with van der Waals surface area (Å²) in [5.74, 6) is 1.21. The van der Waals surface area contributed by atoms with Gasteiger partial charge >= 0.3 is 0 Å². The van der Waals surface area contributed by atoms with Gasteiger partial charge in [-0.1, -0.05) is 53.5 Å². The third-order valence-electron chi connectivity index (χ3n) is 3.39. The van der Waals surface area contributed by atoms with Crippen LogP contribution < -0.4 is 10.6 Å². The highest BCUT2D eigenvalue weighted by Gasteiger charge is 2.04. The van der Waals surface area contributed by atoms with E-state index in [0.717, 1.165) is 13.0 Å². The zero-order valence-corrected chi connectivity index (χ0v) is 14.3. The molecule has 24 heavy (non-hydrogen) atoms. The molecule has 1 heterocycles. The van der Waals surface area contributed by atoms with Crippen molar-refractivity contribution in [3.8, 4) is 0 Å². The molecule has 3 aromatic rings. The summed E-state index contributed by atoms with van der Waals surface area (Å²) >= 11 is 12.2. The monoisotopic (exact) mass is 358 g/mol. The molecule has 122 valence electrons. The Morgan fingerprint density at radius 2 is 1.79 bits per heavy atom. The Morgan fingerprint density at radius 3 is 2.62 bits per heavy atom. The van der Waals surface area contributed by atoms with Gasteiger partial charge in [-0.05, 0) is 36.2 Å². The van der Waals surface area contributed by atoms with Gasteiger partial charge in [0.15, 0.2) is 0 Å². The minimum atomic E-state index is 0.564. The van der Waals surface area contributed by atoms with Gasteiger partial charge in [0.25, 0.3) is 0 Å². The zero-order chi connectivity index (χ0) is 16.8. The van der Waals surface area contributed by atoms with E-state index in [4.69, 9.17) is 23.2 Å². The molecule has 6 heteroatoms. The summed E-state index contributed by atoms with van der Waals surface area (Å²) in [6.07, 6.45) is 2.60. The predicted molar refractivity (Wildman–Crippen MR) is 100 cm³/mol. The lowest BCUT2D eigenvalue weighted by Gasteiger charge is -2.10. The molecule has 0 fully saturated rings. The number of halogens is 2. The Kier molecular flexibility index (Phi) is 5.51. The Balaban J connectivity index is 1.62. The van der Waals surface area contributed by atoms with Crippen LogP contribution in [-0.2, 0) is 6.42 Å². The summed E-state index contributed by atoms with van der Waals surface area (Å²) in [6, 6.07) is 17.3. The lowest BCUT2D eigenvalue weighted by Crippen LogP contribution is -2.08. The molecule has 0 atom stereocenters. The second kappa shape index (κ2) is 7.99. The maximum atomic E-state index is 6.16. The number of nitrogens with zero attached hydrogens (tertiary/aromatic N) is 2. The number of anilines is 3. The summed E-state index contributed by atoms with van der Waals surface area (Å²) in [7, 11) is 0. The van der Waals surface area contributed by atoms with Crippen LogP contribution in [0.15, 0.2) is 60.8 Å². The van der Waals surface area contributed by atoms with E-state index >= 15 is 0 Å². The molecule has 0 amide bonds. The first-order valence-corrected chi connectivity index (χ1v) is 8.29. The quantitative estimate of drug-likeness (QED) is 0.637. The second-order valence-electron chi connectivity index (χ2n) is 5.18. The van der Waals surface area contributed by atoms with Crippen LogP contribution in [0.3, 0.4) is 0 Å². The topological polar surface area (TPSA) is 49.8 Å². The van der Waals surface area contributed by atoms with E-state index < -0.39 is 0 Å². The summed E-state index contributed by atoms with van der Waals surface area (Å²) in [5, 5.41) is 7.57. The third kappa shape index (κ3) is 4.60. The fourth-order valence-corrected chi connectivity index (χ4v) is 2.54. The van der Waals surface area contributed by atoms with Crippen LogP contribution in [0.25, 0.3) is 0 Å². The van der Waals surface area contributed by atoms with Gasteiger partial charge in [0, 0.05) is 17.8 Å². The first-order chi connectivity index (χ1) is 11.7. The highest BCUT2D eigenvalue weighted by molar-refractivity contribution is 6.35. The van der Waals surface area contributed by atoms with E-state index in [1.54, 1.807) is 30.5 Å². The van der Waals surface area contributed by atoms with Crippen molar-refractivity contribution in [3.05, 3.63) is 76.4 Å². The van der Waals surface area contributed by atoms with Gasteiger partial charge in [0.2, 0.25) is 5.95 Å². The van der Waals surface area contributed by atoms with Crippen LogP contribution in [0.5, 0.6) is 0 Å². The van der Waals surface area contributed by atoms with Crippen molar-refractivity contribution in [1.82, 2.24) is 9.97 Å². The van der Waals surface area contributed by atoms with Crippen LogP contribution in [0, 0.1) is 0 Å². The van der Waals surface area contributed by atoms with Crippen LogP contribution >= 0.6 is 23.2 Å². The molecule has 0 unspecified atom stereocenters. The fraction of sp³-hybridized carbons (Fsp3) is 0.111. The first kappa shape index (κ1) is 16.6. The highest BCUT2D eigenvalue weighted by Crippen LogP contribution is 2.27. The van der Waals surface area contributed by atoms with Gasteiger partial charge < -0.3 is 10.6 Å². The lowest BCUT2D eigenvalue weighted by molar-refractivity contribution is 0.985. The number of benzene rings is 2. The minimum absolute atomic E-state index is 0.564. The average molecular weight is 359 g/mol. The highest BCUT2D eigenvalue weighted by atomic mass is 35.5. The maximum absolute atomic E-state index is 6.16. The van der Waals surface area contributed by atoms with E-state index in [9.17, 15) is 0 Å². The zero-order valence-electron chi connectivity index (χ0n) is 12.8. The molecular weight excluding hydrogens is 343 g/mol. The molecular formula is C18H16Cl2N4. The number of hydrogen-bond acceptors (Lipinski definition) is 4. The van der Waals surface area contributed by atoms with Crippen molar-refractivity contribution in [2.24, 2.45) is 0 Å². The molecule has 0 bridgehead atoms. The smallest absolute Gasteiger partial charge is 0.224 e. The van der Waals surface area contributed by atoms with Gasteiger partial charge in [-0.2, -0.15) is 4.98 Å². The van der Waals surface area contributed by atoms with Gasteiger partial charge in [0.05, 0.1) is 10.7 Å². The second-order valence-corrected chi connectivity index (χ2v) is 6.02. The van der Waals surface area contributed by atoms with Crippen molar-refractivity contribution in [2.45, 2.75) is 6.42 Å². The van der Waals surface area contributed by atoms with Crippen molar-refractivity contribution < 1.29 is 0 Å². The first-order valence-electron chi connectivity index (χ1n) is 7.53. The molecule has 0 aliphatic carbocycles.